The molecule has 1 saturated heterocycles. The zero-order valence-electron chi connectivity index (χ0n) is 10.8. The molecule has 1 aliphatic rings. The third-order valence-corrected chi connectivity index (χ3v) is 3.27. The third-order valence-electron chi connectivity index (χ3n) is 3.27. The van der Waals surface area contributed by atoms with Gasteiger partial charge in [0, 0.05) is 13.1 Å². The summed E-state index contributed by atoms with van der Waals surface area (Å²) in [5, 5.41) is 9.00. The Morgan fingerprint density at radius 1 is 1.37 bits per heavy atom. The predicted molar refractivity (Wildman–Crippen MR) is 76.0 cm³/mol. The number of ether oxygens (including phenoxy) is 1. The van der Waals surface area contributed by atoms with Crippen molar-refractivity contribution in [3.63, 3.8) is 0 Å². The molecule has 1 fully saturated rings. The van der Waals surface area contributed by atoms with Crippen molar-refractivity contribution in [3.8, 4) is 5.75 Å². The minimum Gasteiger partial charge on any atom is -0.492 e. The Kier molecular flexibility index (Phi) is 6.67. The van der Waals surface area contributed by atoms with Crippen molar-refractivity contribution in [2.75, 3.05) is 26.2 Å². The minimum absolute atomic E-state index is 0. The lowest BCUT2D eigenvalue weighted by atomic mass is 9.98. The van der Waals surface area contributed by atoms with Crippen molar-refractivity contribution in [2.24, 2.45) is 5.92 Å². The van der Waals surface area contributed by atoms with E-state index in [0.717, 1.165) is 31.7 Å². The van der Waals surface area contributed by atoms with E-state index in [0.29, 0.717) is 13.2 Å². The van der Waals surface area contributed by atoms with Gasteiger partial charge in [-0.15, -0.1) is 12.4 Å². The van der Waals surface area contributed by atoms with Gasteiger partial charge in [-0.2, -0.15) is 0 Å². The number of carboxylic acid groups (broad SMARTS) is 1. The maximum Gasteiger partial charge on any atom is 0.307 e. The van der Waals surface area contributed by atoms with Gasteiger partial charge in [0.25, 0.3) is 0 Å². The highest BCUT2D eigenvalue weighted by Gasteiger charge is 2.24. The number of carboxylic acids is 1. The third kappa shape index (κ3) is 5.09. The summed E-state index contributed by atoms with van der Waals surface area (Å²) in [7, 11) is 0. The van der Waals surface area contributed by atoms with Gasteiger partial charge < -0.3 is 9.84 Å². The monoisotopic (exact) mass is 285 g/mol. The summed E-state index contributed by atoms with van der Waals surface area (Å²) in [5.74, 6) is -0.0246. The van der Waals surface area contributed by atoms with Crippen LogP contribution in [0.3, 0.4) is 0 Å². The molecule has 0 spiro atoms. The van der Waals surface area contributed by atoms with Crippen LogP contribution in [0.4, 0.5) is 0 Å². The van der Waals surface area contributed by atoms with E-state index in [9.17, 15) is 4.79 Å². The summed E-state index contributed by atoms with van der Waals surface area (Å²) < 4.78 is 5.62. The van der Waals surface area contributed by atoms with E-state index < -0.39 is 5.97 Å². The number of likely N-dealkylation sites (tertiary alicyclic amines) is 1. The molecule has 0 aliphatic carbocycles. The molecule has 1 aromatic rings. The fourth-order valence-electron chi connectivity index (χ4n) is 2.27. The lowest BCUT2D eigenvalue weighted by Gasteiger charge is -2.30. The number of aliphatic carboxylic acids is 1. The van der Waals surface area contributed by atoms with Crippen LogP contribution in [-0.4, -0.2) is 42.2 Å². The molecule has 1 aliphatic heterocycles. The molecule has 0 saturated carbocycles. The number of nitrogens with zero attached hydrogens (tertiary/aromatic N) is 1. The van der Waals surface area contributed by atoms with E-state index in [1.165, 1.54) is 0 Å². The average molecular weight is 286 g/mol. The first-order valence-corrected chi connectivity index (χ1v) is 6.39. The molecule has 1 heterocycles. The zero-order chi connectivity index (χ0) is 12.8. The molecule has 0 bridgehead atoms. The van der Waals surface area contributed by atoms with Gasteiger partial charge in [-0.1, -0.05) is 18.2 Å². The Bertz CT molecular complexity index is 386. The fourth-order valence-corrected chi connectivity index (χ4v) is 2.27. The normalized spacial score (nSPS) is 19.5. The highest BCUT2D eigenvalue weighted by atomic mass is 35.5. The van der Waals surface area contributed by atoms with Gasteiger partial charge in [-0.25, -0.2) is 0 Å². The second kappa shape index (κ2) is 8.02. The molecule has 5 heteroatoms. The van der Waals surface area contributed by atoms with Crippen LogP contribution in [0.1, 0.15) is 12.8 Å². The van der Waals surface area contributed by atoms with Gasteiger partial charge in [0.05, 0.1) is 5.92 Å². The average Bonchev–Trinajstić information content (AvgIpc) is 2.40. The van der Waals surface area contributed by atoms with Gasteiger partial charge in [-0.05, 0) is 31.5 Å². The number of rotatable bonds is 5. The molecule has 0 amide bonds. The molecule has 19 heavy (non-hydrogen) atoms. The Morgan fingerprint density at radius 3 is 2.79 bits per heavy atom. The maximum atomic E-state index is 10.9. The quantitative estimate of drug-likeness (QED) is 0.902. The first-order chi connectivity index (χ1) is 8.75. The summed E-state index contributed by atoms with van der Waals surface area (Å²) >= 11 is 0. The number of halogens is 1. The van der Waals surface area contributed by atoms with E-state index in [1.54, 1.807) is 0 Å². The van der Waals surface area contributed by atoms with Crippen molar-refractivity contribution in [1.82, 2.24) is 4.90 Å². The first-order valence-electron chi connectivity index (χ1n) is 6.39. The summed E-state index contributed by atoms with van der Waals surface area (Å²) in [4.78, 5) is 13.1. The number of benzene rings is 1. The molecule has 0 radical (unpaired) electrons. The van der Waals surface area contributed by atoms with Crippen molar-refractivity contribution >= 4 is 18.4 Å². The Labute approximate surface area is 119 Å². The van der Waals surface area contributed by atoms with Gasteiger partial charge >= 0.3 is 5.97 Å². The maximum absolute atomic E-state index is 10.9. The summed E-state index contributed by atoms with van der Waals surface area (Å²) in [6, 6.07) is 9.69. The molecule has 1 unspecified atom stereocenters. The van der Waals surface area contributed by atoms with E-state index in [4.69, 9.17) is 9.84 Å². The highest BCUT2D eigenvalue weighted by molar-refractivity contribution is 5.85. The van der Waals surface area contributed by atoms with Crippen molar-refractivity contribution in [2.45, 2.75) is 12.8 Å². The van der Waals surface area contributed by atoms with Crippen molar-refractivity contribution < 1.29 is 14.6 Å². The minimum atomic E-state index is -0.677. The van der Waals surface area contributed by atoms with Crippen LogP contribution in [0, 0.1) is 5.92 Å². The topological polar surface area (TPSA) is 49.8 Å². The Balaban J connectivity index is 0.00000180. The molecular formula is C14H20ClNO3. The first kappa shape index (κ1) is 15.8. The van der Waals surface area contributed by atoms with E-state index in [1.807, 2.05) is 30.3 Å². The molecule has 1 atom stereocenters. The van der Waals surface area contributed by atoms with Crippen LogP contribution in [0.25, 0.3) is 0 Å². The molecule has 1 aromatic carbocycles. The molecule has 106 valence electrons. The molecule has 2 rings (SSSR count). The molecule has 4 nitrogen and oxygen atoms in total. The van der Waals surface area contributed by atoms with E-state index >= 15 is 0 Å². The molecular weight excluding hydrogens is 266 g/mol. The Hall–Kier alpha value is -1.26. The van der Waals surface area contributed by atoms with Gasteiger partial charge in [-0.3, -0.25) is 9.69 Å². The van der Waals surface area contributed by atoms with Crippen LogP contribution >= 0.6 is 12.4 Å². The largest absolute Gasteiger partial charge is 0.492 e. The number of piperidine rings is 1. The van der Waals surface area contributed by atoms with Crippen molar-refractivity contribution in [1.29, 1.82) is 0 Å². The summed E-state index contributed by atoms with van der Waals surface area (Å²) in [5.41, 5.74) is 0. The van der Waals surface area contributed by atoms with Crippen molar-refractivity contribution in [3.05, 3.63) is 30.3 Å². The number of hydrogen-bond donors (Lipinski definition) is 1. The van der Waals surface area contributed by atoms with Crippen LogP contribution < -0.4 is 4.74 Å². The fraction of sp³-hybridized carbons (Fsp3) is 0.500. The van der Waals surface area contributed by atoms with Crippen LogP contribution in [-0.2, 0) is 4.79 Å². The highest BCUT2D eigenvalue weighted by Crippen LogP contribution is 2.16. The van der Waals surface area contributed by atoms with Gasteiger partial charge in [0.2, 0.25) is 0 Å². The van der Waals surface area contributed by atoms with Gasteiger partial charge in [0.1, 0.15) is 12.4 Å². The smallest absolute Gasteiger partial charge is 0.307 e. The summed E-state index contributed by atoms with van der Waals surface area (Å²) in [6.07, 6.45) is 1.76. The van der Waals surface area contributed by atoms with Crippen LogP contribution in [0.5, 0.6) is 5.75 Å². The lowest BCUT2D eigenvalue weighted by molar-refractivity contribution is -0.143. The zero-order valence-corrected chi connectivity index (χ0v) is 11.6. The van der Waals surface area contributed by atoms with E-state index in [2.05, 4.69) is 4.90 Å². The number of carbonyl (C=O) groups is 1. The standard InChI is InChI=1S/C14H19NO3.ClH/c16-14(17)12-5-4-8-15(11-12)9-10-18-13-6-2-1-3-7-13;/h1-3,6-7,12H,4-5,8-11H2,(H,16,17);1H. The van der Waals surface area contributed by atoms with E-state index in [-0.39, 0.29) is 18.3 Å². The van der Waals surface area contributed by atoms with Gasteiger partial charge in [0.15, 0.2) is 0 Å². The van der Waals surface area contributed by atoms with Crippen LogP contribution in [0.15, 0.2) is 30.3 Å². The lowest BCUT2D eigenvalue weighted by Crippen LogP contribution is -2.40. The Morgan fingerprint density at radius 2 is 2.11 bits per heavy atom. The number of para-hydroxylation sites is 1. The summed E-state index contributed by atoms with van der Waals surface area (Å²) in [6.45, 7) is 3.02. The predicted octanol–water partition coefficient (Wildman–Crippen LogP) is 2.28. The second-order valence-electron chi connectivity index (χ2n) is 4.64. The number of hydrogen-bond acceptors (Lipinski definition) is 3. The van der Waals surface area contributed by atoms with Crippen LogP contribution in [0.2, 0.25) is 0 Å². The molecule has 1 N–H and O–H groups in total. The SMILES string of the molecule is Cl.O=C(O)C1CCCN(CCOc2ccccc2)C1. The second-order valence-corrected chi connectivity index (χ2v) is 4.64. The molecule has 0 aromatic heterocycles.